The van der Waals surface area contributed by atoms with Crippen LogP contribution in [0.4, 0.5) is 0 Å². The zero-order valence-electron chi connectivity index (χ0n) is 10.4. The molecule has 1 heterocycles. The molecule has 0 N–H and O–H groups in total. The second kappa shape index (κ2) is 4.64. The fourth-order valence-corrected chi connectivity index (χ4v) is 1.76. The van der Waals surface area contributed by atoms with Gasteiger partial charge in [0, 0.05) is 6.54 Å². The molecule has 0 aromatic heterocycles. The Hall–Kier alpha value is -1.73. The molecule has 0 fully saturated rings. The molecular weight excluding hydrogens is 216 g/mol. The Balaban J connectivity index is 2.20. The molecule has 1 aliphatic rings. The van der Waals surface area contributed by atoms with Gasteiger partial charge in [0.05, 0.1) is 12.1 Å². The molecule has 90 valence electrons. The lowest BCUT2D eigenvalue weighted by Crippen LogP contribution is -2.27. The molecule has 4 nitrogen and oxygen atoms in total. The molecule has 0 amide bonds. The van der Waals surface area contributed by atoms with Crippen LogP contribution in [-0.4, -0.2) is 24.8 Å². The van der Waals surface area contributed by atoms with Crippen molar-refractivity contribution in [3.05, 3.63) is 23.3 Å². The number of nitriles is 1. The smallest absolute Gasteiger partial charge is 0.231 e. The van der Waals surface area contributed by atoms with Crippen molar-refractivity contribution in [2.24, 2.45) is 0 Å². The first-order chi connectivity index (χ1) is 8.11. The highest BCUT2D eigenvalue weighted by Crippen LogP contribution is 2.34. The Bertz CT molecular complexity index is 465. The standard InChI is InChI=1S/C13H16N2O2/c1-9-4-12-13(17-8-16-12)5-11(9)7-15(3)10(2)6-14/h4-5,10H,7-8H2,1-3H3. The first kappa shape index (κ1) is 11.7. The third-order valence-electron chi connectivity index (χ3n) is 3.10. The topological polar surface area (TPSA) is 45.5 Å². The summed E-state index contributed by atoms with van der Waals surface area (Å²) in [5.74, 6) is 1.60. The lowest BCUT2D eigenvalue weighted by Gasteiger charge is -2.20. The first-order valence-electron chi connectivity index (χ1n) is 5.61. The molecule has 1 aliphatic heterocycles. The summed E-state index contributed by atoms with van der Waals surface area (Å²) in [6.07, 6.45) is 0. The second-order valence-corrected chi connectivity index (χ2v) is 4.35. The summed E-state index contributed by atoms with van der Waals surface area (Å²) >= 11 is 0. The maximum atomic E-state index is 8.87. The quantitative estimate of drug-likeness (QED) is 0.800. The Kier molecular flexibility index (Phi) is 3.21. The minimum absolute atomic E-state index is 0.0974. The number of hydrogen-bond acceptors (Lipinski definition) is 4. The van der Waals surface area contributed by atoms with E-state index in [1.54, 1.807) is 0 Å². The van der Waals surface area contributed by atoms with Gasteiger partial charge in [-0.25, -0.2) is 0 Å². The molecule has 0 spiro atoms. The molecule has 0 saturated carbocycles. The van der Waals surface area contributed by atoms with Crippen LogP contribution in [0.15, 0.2) is 12.1 Å². The van der Waals surface area contributed by atoms with Gasteiger partial charge in [0.1, 0.15) is 0 Å². The molecule has 0 aliphatic carbocycles. The van der Waals surface area contributed by atoms with E-state index >= 15 is 0 Å². The lowest BCUT2D eigenvalue weighted by molar-refractivity contribution is 0.174. The van der Waals surface area contributed by atoms with E-state index in [0.29, 0.717) is 6.79 Å². The molecule has 1 aromatic carbocycles. The normalized spacial score (nSPS) is 14.8. The van der Waals surface area contributed by atoms with E-state index in [1.807, 2.05) is 37.9 Å². The maximum Gasteiger partial charge on any atom is 0.231 e. The predicted octanol–water partition coefficient (Wildman–Crippen LogP) is 2.07. The van der Waals surface area contributed by atoms with Crippen molar-refractivity contribution in [3.8, 4) is 17.6 Å². The van der Waals surface area contributed by atoms with E-state index in [2.05, 4.69) is 6.07 Å². The van der Waals surface area contributed by atoms with Gasteiger partial charge in [0.15, 0.2) is 11.5 Å². The molecule has 0 saturated heterocycles. The van der Waals surface area contributed by atoms with Crippen LogP contribution >= 0.6 is 0 Å². The largest absolute Gasteiger partial charge is 0.454 e. The molecule has 4 heteroatoms. The highest BCUT2D eigenvalue weighted by atomic mass is 16.7. The van der Waals surface area contributed by atoms with E-state index in [9.17, 15) is 0 Å². The molecular formula is C13H16N2O2. The van der Waals surface area contributed by atoms with Crippen molar-refractivity contribution in [1.29, 1.82) is 5.26 Å². The van der Waals surface area contributed by atoms with Crippen molar-refractivity contribution < 1.29 is 9.47 Å². The maximum absolute atomic E-state index is 8.87. The fraction of sp³-hybridized carbons (Fsp3) is 0.462. The van der Waals surface area contributed by atoms with Gasteiger partial charge in [-0.1, -0.05) is 0 Å². The molecule has 2 rings (SSSR count). The van der Waals surface area contributed by atoms with E-state index in [4.69, 9.17) is 14.7 Å². The van der Waals surface area contributed by atoms with Gasteiger partial charge in [-0.05, 0) is 44.2 Å². The van der Waals surface area contributed by atoms with Crippen LogP contribution in [0.2, 0.25) is 0 Å². The molecule has 1 unspecified atom stereocenters. The van der Waals surface area contributed by atoms with Gasteiger partial charge < -0.3 is 9.47 Å². The van der Waals surface area contributed by atoms with Crippen LogP contribution in [0.1, 0.15) is 18.1 Å². The van der Waals surface area contributed by atoms with Crippen molar-refractivity contribution in [2.45, 2.75) is 26.4 Å². The highest BCUT2D eigenvalue weighted by Gasteiger charge is 2.17. The van der Waals surface area contributed by atoms with Crippen LogP contribution in [0.25, 0.3) is 0 Å². The van der Waals surface area contributed by atoms with Crippen molar-refractivity contribution >= 4 is 0 Å². The average Bonchev–Trinajstić information content (AvgIpc) is 2.75. The Morgan fingerprint density at radius 1 is 1.41 bits per heavy atom. The number of fused-ring (bicyclic) bond motifs is 1. The predicted molar refractivity (Wildman–Crippen MR) is 63.8 cm³/mol. The molecule has 0 bridgehead atoms. The second-order valence-electron chi connectivity index (χ2n) is 4.35. The average molecular weight is 232 g/mol. The number of hydrogen-bond donors (Lipinski definition) is 0. The number of benzene rings is 1. The SMILES string of the molecule is Cc1cc2c(cc1CN(C)C(C)C#N)OCO2. The highest BCUT2D eigenvalue weighted by molar-refractivity contribution is 5.48. The summed E-state index contributed by atoms with van der Waals surface area (Å²) in [7, 11) is 1.94. The zero-order valence-corrected chi connectivity index (χ0v) is 10.4. The summed E-state index contributed by atoms with van der Waals surface area (Å²) in [6.45, 7) is 4.96. The number of rotatable bonds is 3. The van der Waals surface area contributed by atoms with E-state index in [1.165, 1.54) is 5.56 Å². The van der Waals surface area contributed by atoms with Crippen LogP contribution in [0, 0.1) is 18.3 Å². The molecule has 17 heavy (non-hydrogen) atoms. The van der Waals surface area contributed by atoms with Crippen molar-refractivity contribution in [2.75, 3.05) is 13.8 Å². The Morgan fingerprint density at radius 3 is 2.71 bits per heavy atom. The monoisotopic (exact) mass is 232 g/mol. The Morgan fingerprint density at radius 2 is 2.06 bits per heavy atom. The summed E-state index contributed by atoms with van der Waals surface area (Å²) in [6, 6.07) is 6.12. The van der Waals surface area contributed by atoms with Crippen molar-refractivity contribution in [1.82, 2.24) is 4.90 Å². The van der Waals surface area contributed by atoms with Gasteiger partial charge in [0.2, 0.25) is 6.79 Å². The van der Waals surface area contributed by atoms with E-state index in [0.717, 1.165) is 23.6 Å². The third-order valence-corrected chi connectivity index (χ3v) is 3.10. The van der Waals surface area contributed by atoms with Crippen LogP contribution < -0.4 is 9.47 Å². The minimum Gasteiger partial charge on any atom is -0.454 e. The Labute approximate surface area is 101 Å². The third kappa shape index (κ3) is 2.34. The van der Waals surface area contributed by atoms with Gasteiger partial charge in [-0.3, -0.25) is 4.90 Å². The summed E-state index contributed by atoms with van der Waals surface area (Å²) in [5, 5.41) is 8.87. The molecule has 1 atom stereocenters. The summed E-state index contributed by atoms with van der Waals surface area (Å²) in [5.41, 5.74) is 2.32. The van der Waals surface area contributed by atoms with Crippen molar-refractivity contribution in [3.63, 3.8) is 0 Å². The number of aryl methyl sites for hydroxylation is 1. The lowest BCUT2D eigenvalue weighted by atomic mass is 10.1. The molecule has 0 radical (unpaired) electrons. The van der Waals surface area contributed by atoms with Gasteiger partial charge in [-0.15, -0.1) is 0 Å². The fourth-order valence-electron chi connectivity index (χ4n) is 1.76. The van der Waals surface area contributed by atoms with Gasteiger partial charge >= 0.3 is 0 Å². The van der Waals surface area contributed by atoms with Gasteiger partial charge in [0.25, 0.3) is 0 Å². The van der Waals surface area contributed by atoms with E-state index < -0.39 is 0 Å². The van der Waals surface area contributed by atoms with Crippen LogP contribution in [0.3, 0.4) is 0 Å². The van der Waals surface area contributed by atoms with Crippen LogP contribution in [-0.2, 0) is 6.54 Å². The van der Waals surface area contributed by atoms with E-state index in [-0.39, 0.29) is 6.04 Å². The number of ether oxygens (including phenoxy) is 2. The summed E-state index contributed by atoms with van der Waals surface area (Å²) < 4.78 is 10.7. The molecule has 1 aromatic rings. The summed E-state index contributed by atoms with van der Waals surface area (Å²) in [4.78, 5) is 2.00. The first-order valence-corrected chi connectivity index (χ1v) is 5.61. The number of nitrogens with zero attached hydrogens (tertiary/aromatic N) is 2. The van der Waals surface area contributed by atoms with Gasteiger partial charge in [-0.2, -0.15) is 5.26 Å². The zero-order chi connectivity index (χ0) is 12.4. The minimum atomic E-state index is -0.0974. The van der Waals surface area contributed by atoms with Crippen LogP contribution in [0.5, 0.6) is 11.5 Å².